The van der Waals surface area contributed by atoms with Crippen molar-refractivity contribution in [1.82, 2.24) is 5.43 Å². The van der Waals surface area contributed by atoms with Crippen LogP contribution in [0.5, 0.6) is 5.75 Å². The number of nitrogens with one attached hydrogen (secondary N) is 1. The van der Waals surface area contributed by atoms with Crippen molar-refractivity contribution in [2.75, 3.05) is 6.61 Å². The zero-order valence-corrected chi connectivity index (χ0v) is 12.0. The summed E-state index contributed by atoms with van der Waals surface area (Å²) >= 11 is 0. The van der Waals surface area contributed by atoms with Crippen molar-refractivity contribution in [2.45, 2.75) is 51.4 Å². The molecule has 1 saturated carbocycles. The first-order chi connectivity index (χ1) is 8.98. The minimum atomic E-state index is -0.163. The van der Waals surface area contributed by atoms with E-state index in [1.54, 1.807) is 0 Å². The average molecular weight is 264 g/mol. The van der Waals surface area contributed by atoms with Gasteiger partial charge in [0.25, 0.3) is 0 Å². The van der Waals surface area contributed by atoms with E-state index in [2.05, 4.69) is 5.43 Å². The number of rotatable bonds is 6. The number of hydrogen-bond acceptors (Lipinski definition) is 4. The molecule has 4 nitrogen and oxygen atoms in total. The Morgan fingerprint density at radius 2 is 1.89 bits per heavy atom. The van der Waals surface area contributed by atoms with Crippen LogP contribution in [0.25, 0.3) is 0 Å². The van der Waals surface area contributed by atoms with E-state index in [0.717, 1.165) is 11.3 Å². The minimum Gasteiger partial charge on any atom is -0.490 e. The van der Waals surface area contributed by atoms with Gasteiger partial charge in [0.2, 0.25) is 0 Å². The van der Waals surface area contributed by atoms with Crippen molar-refractivity contribution < 1.29 is 9.47 Å². The van der Waals surface area contributed by atoms with Crippen LogP contribution in [0, 0.1) is 0 Å². The fourth-order valence-electron chi connectivity index (χ4n) is 1.73. The first kappa shape index (κ1) is 14.3. The molecule has 1 aromatic carbocycles. The van der Waals surface area contributed by atoms with Crippen LogP contribution in [0.3, 0.4) is 0 Å². The van der Waals surface area contributed by atoms with E-state index in [4.69, 9.17) is 15.3 Å². The molecule has 4 heteroatoms. The number of hydrogen-bond donors (Lipinski definition) is 2. The minimum absolute atomic E-state index is 0.00537. The summed E-state index contributed by atoms with van der Waals surface area (Å²) < 4.78 is 11.5. The monoisotopic (exact) mass is 264 g/mol. The van der Waals surface area contributed by atoms with Crippen molar-refractivity contribution in [1.29, 1.82) is 0 Å². The maximum absolute atomic E-state index is 5.77. The second kappa shape index (κ2) is 5.90. The molecule has 0 heterocycles. The largest absolute Gasteiger partial charge is 0.490 e. The summed E-state index contributed by atoms with van der Waals surface area (Å²) in [6, 6.07) is 8.06. The summed E-state index contributed by atoms with van der Waals surface area (Å²) in [4.78, 5) is 0. The molecule has 1 unspecified atom stereocenters. The smallest absolute Gasteiger partial charge is 0.119 e. The highest BCUT2D eigenvalue weighted by atomic mass is 16.5. The van der Waals surface area contributed by atoms with Gasteiger partial charge >= 0.3 is 0 Å². The molecule has 19 heavy (non-hydrogen) atoms. The second-order valence-corrected chi connectivity index (χ2v) is 6.03. The lowest BCUT2D eigenvalue weighted by atomic mass is 10.1. The predicted molar refractivity (Wildman–Crippen MR) is 75.9 cm³/mol. The highest BCUT2D eigenvalue weighted by Crippen LogP contribution is 2.27. The van der Waals surface area contributed by atoms with E-state index in [1.165, 1.54) is 12.8 Å². The Morgan fingerprint density at radius 1 is 1.26 bits per heavy atom. The first-order valence-electron chi connectivity index (χ1n) is 6.84. The summed E-state index contributed by atoms with van der Waals surface area (Å²) in [6.45, 7) is 6.65. The van der Waals surface area contributed by atoms with Gasteiger partial charge < -0.3 is 9.47 Å². The molecule has 106 valence electrons. The predicted octanol–water partition coefficient (Wildman–Crippen LogP) is 2.55. The SMILES string of the molecule is CC(C)(C)OCC(NN)c1ccc(OC2CC2)cc1. The first-order valence-corrected chi connectivity index (χ1v) is 6.84. The number of ether oxygens (including phenoxy) is 2. The fourth-order valence-corrected chi connectivity index (χ4v) is 1.73. The van der Waals surface area contributed by atoms with Gasteiger partial charge in [-0.05, 0) is 51.3 Å². The maximum atomic E-state index is 5.77. The zero-order chi connectivity index (χ0) is 13.9. The maximum Gasteiger partial charge on any atom is 0.119 e. The van der Waals surface area contributed by atoms with Crippen LogP contribution in [-0.2, 0) is 4.74 Å². The molecule has 1 atom stereocenters. The molecule has 2 rings (SSSR count). The van der Waals surface area contributed by atoms with Crippen LogP contribution in [0.2, 0.25) is 0 Å². The van der Waals surface area contributed by atoms with E-state index in [-0.39, 0.29) is 11.6 Å². The molecule has 0 radical (unpaired) electrons. The normalized spacial score (nSPS) is 17.3. The lowest BCUT2D eigenvalue weighted by Gasteiger charge is -2.24. The molecule has 0 spiro atoms. The van der Waals surface area contributed by atoms with Gasteiger partial charge in [0.15, 0.2) is 0 Å². The molecule has 3 N–H and O–H groups in total. The van der Waals surface area contributed by atoms with Gasteiger partial charge in [-0.1, -0.05) is 12.1 Å². The van der Waals surface area contributed by atoms with Crippen molar-refractivity contribution in [3.05, 3.63) is 29.8 Å². The van der Waals surface area contributed by atoms with Gasteiger partial charge in [0.1, 0.15) is 5.75 Å². The molecular weight excluding hydrogens is 240 g/mol. The Balaban J connectivity index is 1.93. The number of benzene rings is 1. The van der Waals surface area contributed by atoms with Crippen molar-refractivity contribution >= 4 is 0 Å². The van der Waals surface area contributed by atoms with Crippen LogP contribution in [0.4, 0.5) is 0 Å². The van der Waals surface area contributed by atoms with E-state index in [1.807, 2.05) is 45.0 Å². The fraction of sp³-hybridized carbons (Fsp3) is 0.600. The molecular formula is C15H24N2O2. The van der Waals surface area contributed by atoms with E-state index in [0.29, 0.717) is 12.7 Å². The summed E-state index contributed by atoms with van der Waals surface area (Å²) in [5, 5.41) is 0. The Morgan fingerprint density at radius 3 is 2.37 bits per heavy atom. The van der Waals surface area contributed by atoms with E-state index < -0.39 is 0 Å². The van der Waals surface area contributed by atoms with Gasteiger partial charge in [0, 0.05) is 0 Å². The highest BCUT2D eigenvalue weighted by Gasteiger charge is 2.23. The quantitative estimate of drug-likeness (QED) is 0.612. The standard InChI is InChI=1S/C15H24N2O2/c1-15(2,3)18-10-14(17-16)11-4-6-12(7-5-11)19-13-8-9-13/h4-7,13-14,17H,8-10,16H2,1-3H3. The molecule has 1 aliphatic rings. The molecule has 0 amide bonds. The third kappa shape index (κ3) is 4.82. The molecule has 0 aromatic heterocycles. The van der Waals surface area contributed by atoms with Gasteiger partial charge in [0.05, 0.1) is 24.4 Å². The summed E-state index contributed by atoms with van der Waals surface area (Å²) in [7, 11) is 0. The molecule has 1 aliphatic carbocycles. The lowest BCUT2D eigenvalue weighted by Crippen LogP contribution is -2.34. The van der Waals surface area contributed by atoms with E-state index in [9.17, 15) is 0 Å². The van der Waals surface area contributed by atoms with Gasteiger partial charge in [-0.15, -0.1) is 0 Å². The topological polar surface area (TPSA) is 56.5 Å². The van der Waals surface area contributed by atoms with Crippen LogP contribution in [-0.4, -0.2) is 18.3 Å². The van der Waals surface area contributed by atoms with E-state index >= 15 is 0 Å². The van der Waals surface area contributed by atoms with Crippen LogP contribution in [0.15, 0.2) is 24.3 Å². The number of nitrogens with two attached hydrogens (primary N) is 1. The van der Waals surface area contributed by atoms with Crippen molar-refractivity contribution in [3.8, 4) is 5.75 Å². The summed E-state index contributed by atoms with van der Waals surface area (Å²) in [5.74, 6) is 6.53. The lowest BCUT2D eigenvalue weighted by molar-refractivity contribution is -0.0148. The third-order valence-corrected chi connectivity index (χ3v) is 2.99. The zero-order valence-electron chi connectivity index (χ0n) is 12.0. The van der Waals surface area contributed by atoms with Gasteiger partial charge in [-0.2, -0.15) is 0 Å². The van der Waals surface area contributed by atoms with Crippen LogP contribution in [0.1, 0.15) is 45.2 Å². The Kier molecular flexibility index (Phi) is 4.45. The van der Waals surface area contributed by atoms with Gasteiger partial charge in [-0.25, -0.2) is 0 Å². The third-order valence-electron chi connectivity index (χ3n) is 2.99. The molecule has 0 saturated heterocycles. The molecule has 0 bridgehead atoms. The Bertz CT molecular complexity index is 394. The van der Waals surface area contributed by atoms with Crippen LogP contribution < -0.4 is 16.0 Å². The highest BCUT2D eigenvalue weighted by molar-refractivity contribution is 5.29. The molecule has 1 aromatic rings. The molecule has 1 fully saturated rings. The number of hydrazine groups is 1. The average Bonchev–Trinajstić information content (AvgIpc) is 3.14. The second-order valence-electron chi connectivity index (χ2n) is 6.03. The summed E-state index contributed by atoms with van der Waals surface area (Å²) in [6.07, 6.45) is 2.78. The summed E-state index contributed by atoms with van der Waals surface area (Å²) in [5.41, 5.74) is 3.74. The van der Waals surface area contributed by atoms with Crippen molar-refractivity contribution in [3.63, 3.8) is 0 Å². The van der Waals surface area contributed by atoms with Crippen molar-refractivity contribution in [2.24, 2.45) is 5.84 Å². The van der Waals surface area contributed by atoms with Crippen LogP contribution >= 0.6 is 0 Å². The Hall–Kier alpha value is -1.10. The Labute approximate surface area is 115 Å². The molecule has 0 aliphatic heterocycles. The van der Waals surface area contributed by atoms with Gasteiger partial charge in [-0.3, -0.25) is 11.3 Å².